The van der Waals surface area contributed by atoms with Crippen LogP contribution in [0.4, 0.5) is 0 Å². The molecule has 0 spiro atoms. The number of fused-ring (bicyclic) bond motifs is 1. The van der Waals surface area contributed by atoms with Crippen LogP contribution in [0.3, 0.4) is 0 Å². The highest BCUT2D eigenvalue weighted by Gasteiger charge is 2.22. The third kappa shape index (κ3) is 2.68. The van der Waals surface area contributed by atoms with Crippen LogP contribution in [0.1, 0.15) is 31.4 Å². The second kappa shape index (κ2) is 5.13. The molecule has 1 fully saturated rings. The molecule has 1 aliphatic carbocycles. The van der Waals surface area contributed by atoms with Crippen molar-refractivity contribution in [2.45, 2.75) is 44.8 Å². The van der Waals surface area contributed by atoms with Gasteiger partial charge in [0.1, 0.15) is 11.8 Å². The molecule has 1 saturated carbocycles. The van der Waals surface area contributed by atoms with E-state index in [1.807, 2.05) is 31.2 Å². The van der Waals surface area contributed by atoms with E-state index in [4.69, 9.17) is 10.5 Å². The van der Waals surface area contributed by atoms with Gasteiger partial charge < -0.3 is 10.5 Å². The average Bonchev–Trinajstić information content (AvgIpc) is 2.40. The van der Waals surface area contributed by atoms with E-state index < -0.39 is 0 Å². The lowest BCUT2D eigenvalue weighted by Crippen LogP contribution is -2.34. The van der Waals surface area contributed by atoms with Gasteiger partial charge in [-0.15, -0.1) is 0 Å². The van der Waals surface area contributed by atoms with E-state index in [1.54, 1.807) is 0 Å². The van der Waals surface area contributed by atoms with Gasteiger partial charge in [0, 0.05) is 6.04 Å². The fourth-order valence-corrected chi connectivity index (χ4v) is 2.63. The van der Waals surface area contributed by atoms with Crippen molar-refractivity contribution in [2.75, 3.05) is 0 Å². The molecule has 4 heteroatoms. The van der Waals surface area contributed by atoms with Crippen molar-refractivity contribution in [1.29, 1.82) is 0 Å². The Morgan fingerprint density at radius 1 is 1.16 bits per heavy atom. The number of nitrogens with zero attached hydrogens (tertiary/aromatic N) is 2. The summed E-state index contributed by atoms with van der Waals surface area (Å²) in [4.78, 5) is 9.11. The molecule has 0 radical (unpaired) electrons. The lowest BCUT2D eigenvalue weighted by atomic mass is 9.93. The number of ether oxygens (including phenoxy) is 1. The largest absolute Gasteiger partial charge is 0.473 e. The van der Waals surface area contributed by atoms with Crippen LogP contribution in [0, 0.1) is 6.92 Å². The Labute approximate surface area is 113 Å². The summed E-state index contributed by atoms with van der Waals surface area (Å²) in [6.45, 7) is 1.94. The number of aryl methyl sites for hydroxylation is 1. The van der Waals surface area contributed by atoms with E-state index in [0.717, 1.165) is 42.4 Å². The Morgan fingerprint density at radius 3 is 2.63 bits per heavy atom. The van der Waals surface area contributed by atoms with Crippen molar-refractivity contribution >= 4 is 11.0 Å². The molecule has 1 aromatic carbocycles. The second-order valence-electron chi connectivity index (χ2n) is 5.27. The van der Waals surface area contributed by atoms with Crippen molar-refractivity contribution < 1.29 is 4.74 Å². The summed E-state index contributed by atoms with van der Waals surface area (Å²) in [6, 6.07) is 8.12. The third-order valence-electron chi connectivity index (χ3n) is 3.65. The topological polar surface area (TPSA) is 61.0 Å². The van der Waals surface area contributed by atoms with Crippen molar-refractivity contribution in [1.82, 2.24) is 9.97 Å². The van der Waals surface area contributed by atoms with Gasteiger partial charge in [-0.05, 0) is 44.7 Å². The zero-order valence-electron chi connectivity index (χ0n) is 11.2. The van der Waals surface area contributed by atoms with Gasteiger partial charge in [-0.3, -0.25) is 0 Å². The Balaban J connectivity index is 1.85. The predicted octanol–water partition coefficient (Wildman–Crippen LogP) is 2.59. The molecule has 19 heavy (non-hydrogen) atoms. The number of hydrogen-bond donors (Lipinski definition) is 1. The molecule has 2 unspecified atom stereocenters. The summed E-state index contributed by atoms with van der Waals surface area (Å²) in [5.74, 6) is 0.651. The number of hydrogen-bond acceptors (Lipinski definition) is 4. The summed E-state index contributed by atoms with van der Waals surface area (Å²) in [5, 5.41) is 0. The summed E-state index contributed by atoms with van der Waals surface area (Å²) in [7, 11) is 0. The summed E-state index contributed by atoms with van der Waals surface area (Å²) >= 11 is 0. The minimum atomic E-state index is 0.179. The molecule has 2 aromatic rings. The molecule has 1 heterocycles. The van der Waals surface area contributed by atoms with Gasteiger partial charge in [0.2, 0.25) is 5.88 Å². The molecule has 0 bridgehead atoms. The Kier molecular flexibility index (Phi) is 3.34. The zero-order valence-corrected chi connectivity index (χ0v) is 11.2. The number of aromatic nitrogens is 2. The fourth-order valence-electron chi connectivity index (χ4n) is 2.63. The summed E-state index contributed by atoms with van der Waals surface area (Å²) in [5.41, 5.74) is 8.62. The normalized spacial score (nSPS) is 23.5. The van der Waals surface area contributed by atoms with Gasteiger partial charge in [-0.1, -0.05) is 12.1 Å². The van der Waals surface area contributed by atoms with Crippen LogP contribution >= 0.6 is 0 Å². The van der Waals surface area contributed by atoms with Crippen LogP contribution in [0.5, 0.6) is 5.88 Å². The Morgan fingerprint density at radius 2 is 1.89 bits per heavy atom. The van der Waals surface area contributed by atoms with Crippen molar-refractivity contribution in [3.63, 3.8) is 0 Å². The van der Waals surface area contributed by atoms with Crippen molar-refractivity contribution in [2.24, 2.45) is 5.73 Å². The van der Waals surface area contributed by atoms with Crippen LogP contribution < -0.4 is 10.5 Å². The minimum absolute atomic E-state index is 0.179. The lowest BCUT2D eigenvalue weighted by molar-refractivity contribution is 0.137. The lowest BCUT2D eigenvalue weighted by Gasteiger charge is -2.27. The third-order valence-corrected chi connectivity index (χ3v) is 3.65. The van der Waals surface area contributed by atoms with Crippen LogP contribution in [0.15, 0.2) is 24.3 Å². The molecule has 100 valence electrons. The highest BCUT2D eigenvalue weighted by molar-refractivity contribution is 5.74. The minimum Gasteiger partial charge on any atom is -0.473 e. The van der Waals surface area contributed by atoms with E-state index in [-0.39, 0.29) is 12.1 Å². The Bertz CT molecular complexity index is 585. The maximum atomic E-state index is 6.01. The summed E-state index contributed by atoms with van der Waals surface area (Å²) in [6.07, 6.45) is 4.38. The molecule has 2 atom stereocenters. The molecule has 0 amide bonds. The first-order valence-corrected chi connectivity index (χ1v) is 6.88. The molecular formula is C15H19N3O. The molecular weight excluding hydrogens is 238 g/mol. The van der Waals surface area contributed by atoms with E-state index in [9.17, 15) is 0 Å². The first-order chi connectivity index (χ1) is 9.22. The van der Waals surface area contributed by atoms with Crippen molar-refractivity contribution in [3.05, 3.63) is 30.0 Å². The van der Waals surface area contributed by atoms with E-state index >= 15 is 0 Å². The fraction of sp³-hybridized carbons (Fsp3) is 0.467. The van der Waals surface area contributed by atoms with E-state index in [0.29, 0.717) is 5.88 Å². The molecule has 0 aliphatic heterocycles. The van der Waals surface area contributed by atoms with Gasteiger partial charge >= 0.3 is 0 Å². The molecule has 1 aromatic heterocycles. The van der Waals surface area contributed by atoms with Crippen LogP contribution in [-0.4, -0.2) is 22.1 Å². The average molecular weight is 257 g/mol. The maximum Gasteiger partial charge on any atom is 0.236 e. The zero-order chi connectivity index (χ0) is 13.2. The van der Waals surface area contributed by atoms with Gasteiger partial charge in [-0.25, -0.2) is 9.97 Å². The highest BCUT2D eigenvalue weighted by Crippen LogP contribution is 2.24. The second-order valence-corrected chi connectivity index (χ2v) is 5.27. The molecule has 3 rings (SSSR count). The Hall–Kier alpha value is -1.68. The molecule has 4 nitrogen and oxygen atoms in total. The van der Waals surface area contributed by atoms with Crippen molar-refractivity contribution in [3.8, 4) is 5.88 Å². The van der Waals surface area contributed by atoms with Crippen LogP contribution in [-0.2, 0) is 0 Å². The summed E-state index contributed by atoms with van der Waals surface area (Å²) < 4.78 is 6.01. The monoisotopic (exact) mass is 257 g/mol. The van der Waals surface area contributed by atoms with E-state index in [2.05, 4.69) is 9.97 Å². The van der Waals surface area contributed by atoms with Gasteiger partial charge in [-0.2, -0.15) is 0 Å². The molecule has 2 N–H and O–H groups in total. The first kappa shape index (κ1) is 12.4. The number of rotatable bonds is 2. The number of benzene rings is 1. The quantitative estimate of drug-likeness (QED) is 0.898. The van der Waals surface area contributed by atoms with Gasteiger partial charge in [0.05, 0.1) is 11.0 Å². The van der Waals surface area contributed by atoms with Crippen LogP contribution in [0.25, 0.3) is 11.0 Å². The smallest absolute Gasteiger partial charge is 0.236 e. The standard InChI is InChI=1S/C15H19N3O/c1-10-15(19-12-6-4-5-11(16)9-12)18-14-8-3-2-7-13(14)17-10/h2-3,7-8,11-12H,4-6,9,16H2,1H3. The number of para-hydroxylation sites is 2. The highest BCUT2D eigenvalue weighted by atomic mass is 16.5. The van der Waals surface area contributed by atoms with Crippen LogP contribution in [0.2, 0.25) is 0 Å². The van der Waals surface area contributed by atoms with Gasteiger partial charge in [0.15, 0.2) is 0 Å². The predicted molar refractivity (Wildman–Crippen MR) is 75.1 cm³/mol. The SMILES string of the molecule is Cc1nc2ccccc2nc1OC1CCCC(N)C1. The molecule has 1 aliphatic rings. The molecule has 0 saturated heterocycles. The van der Waals surface area contributed by atoms with E-state index in [1.165, 1.54) is 0 Å². The number of nitrogens with two attached hydrogens (primary N) is 1. The van der Waals surface area contributed by atoms with Gasteiger partial charge in [0.25, 0.3) is 0 Å². The first-order valence-electron chi connectivity index (χ1n) is 6.88. The maximum absolute atomic E-state index is 6.01.